The Morgan fingerprint density at radius 2 is 0.786 bits per heavy atom. The van der Waals surface area contributed by atoms with Crippen molar-refractivity contribution < 1.29 is 71.2 Å². The SMILES string of the molecule is CCCCCCCC(=O)OCCOCCOCCOCCOCCOCCOCCOCCOCCOCCOCCOCCNC(=O)OCc1ccccc1. The van der Waals surface area contributed by atoms with E-state index < -0.39 is 6.09 Å². The molecule has 16 nitrogen and oxygen atoms in total. The summed E-state index contributed by atoms with van der Waals surface area (Å²) in [6.07, 6.45) is 5.57. The molecule has 0 spiro atoms. The number of alkyl carbamates (subject to hydrolysis) is 1. The van der Waals surface area contributed by atoms with Crippen LogP contribution < -0.4 is 5.32 Å². The molecule has 0 aliphatic carbocycles. The molecule has 0 saturated carbocycles. The van der Waals surface area contributed by atoms with E-state index in [1.807, 2.05) is 30.3 Å². The van der Waals surface area contributed by atoms with Gasteiger partial charge in [-0.2, -0.15) is 0 Å². The van der Waals surface area contributed by atoms with E-state index in [-0.39, 0.29) is 19.2 Å². The third kappa shape index (κ3) is 39.7. The predicted octanol–water partition coefficient (Wildman–Crippen LogP) is 4.00. The molecule has 0 unspecified atom stereocenters. The molecule has 56 heavy (non-hydrogen) atoms. The zero-order chi connectivity index (χ0) is 40.1. The second-order valence-corrected chi connectivity index (χ2v) is 12.1. The van der Waals surface area contributed by atoms with Crippen LogP contribution in [0.2, 0.25) is 0 Å². The van der Waals surface area contributed by atoms with Crippen molar-refractivity contribution in [2.24, 2.45) is 0 Å². The zero-order valence-electron chi connectivity index (χ0n) is 33.9. The van der Waals surface area contributed by atoms with Crippen molar-refractivity contribution in [3.8, 4) is 0 Å². The summed E-state index contributed by atoms with van der Waals surface area (Å²) >= 11 is 0. The van der Waals surface area contributed by atoms with Crippen molar-refractivity contribution in [2.45, 2.75) is 52.1 Å². The van der Waals surface area contributed by atoms with Crippen LogP contribution in [0.5, 0.6) is 0 Å². The minimum absolute atomic E-state index is 0.152. The third-order valence-electron chi connectivity index (χ3n) is 7.42. The van der Waals surface area contributed by atoms with Gasteiger partial charge < -0.3 is 66.9 Å². The Bertz CT molecular complexity index is 963. The fraction of sp³-hybridized carbons (Fsp3) is 0.800. The molecular weight excluding hydrogens is 734 g/mol. The fourth-order valence-electron chi connectivity index (χ4n) is 4.46. The highest BCUT2D eigenvalue weighted by atomic mass is 16.6. The van der Waals surface area contributed by atoms with Gasteiger partial charge in [-0.25, -0.2) is 4.79 Å². The van der Waals surface area contributed by atoms with E-state index in [0.29, 0.717) is 158 Å². The molecule has 1 N–H and O–H groups in total. The zero-order valence-corrected chi connectivity index (χ0v) is 33.9. The Hall–Kier alpha value is -2.48. The number of esters is 1. The van der Waals surface area contributed by atoms with Crippen LogP contribution in [0.15, 0.2) is 30.3 Å². The summed E-state index contributed by atoms with van der Waals surface area (Å²) in [4.78, 5) is 23.3. The molecule has 1 amide bonds. The molecule has 0 atom stereocenters. The van der Waals surface area contributed by atoms with Crippen molar-refractivity contribution in [3.05, 3.63) is 35.9 Å². The molecule has 326 valence electrons. The van der Waals surface area contributed by atoms with E-state index in [1.54, 1.807) is 0 Å². The molecule has 0 heterocycles. The van der Waals surface area contributed by atoms with Crippen LogP contribution in [-0.2, 0) is 73.0 Å². The number of carbonyl (C=O) groups excluding carboxylic acids is 2. The van der Waals surface area contributed by atoms with E-state index in [4.69, 9.17) is 61.6 Å². The van der Waals surface area contributed by atoms with Crippen LogP contribution in [-0.4, -0.2) is 171 Å². The second kappa shape index (κ2) is 43.6. The van der Waals surface area contributed by atoms with E-state index in [2.05, 4.69) is 12.2 Å². The summed E-state index contributed by atoms with van der Waals surface area (Å²) in [7, 11) is 0. The van der Waals surface area contributed by atoms with Gasteiger partial charge in [0.2, 0.25) is 0 Å². The minimum Gasteiger partial charge on any atom is -0.463 e. The number of carbonyl (C=O) groups is 2. The Balaban J connectivity index is 1.63. The molecular formula is C40H71NO15. The van der Waals surface area contributed by atoms with Crippen LogP contribution >= 0.6 is 0 Å². The molecule has 0 fully saturated rings. The summed E-state index contributed by atoms with van der Waals surface area (Å²) in [5.74, 6) is -0.152. The second-order valence-electron chi connectivity index (χ2n) is 12.1. The Morgan fingerprint density at radius 1 is 0.429 bits per heavy atom. The van der Waals surface area contributed by atoms with Crippen LogP contribution in [0.25, 0.3) is 0 Å². The summed E-state index contributed by atoms with van der Waals surface area (Å²) in [6, 6.07) is 9.50. The maximum atomic E-state index is 11.7. The van der Waals surface area contributed by atoms with Crippen LogP contribution in [0, 0.1) is 0 Å². The van der Waals surface area contributed by atoms with Gasteiger partial charge in [0.15, 0.2) is 0 Å². The van der Waals surface area contributed by atoms with E-state index in [9.17, 15) is 9.59 Å². The normalized spacial score (nSPS) is 11.2. The first-order valence-electron chi connectivity index (χ1n) is 20.2. The van der Waals surface area contributed by atoms with Gasteiger partial charge in [-0.1, -0.05) is 62.9 Å². The molecule has 0 radical (unpaired) electrons. The van der Waals surface area contributed by atoms with E-state index in [1.165, 1.54) is 19.3 Å². The largest absolute Gasteiger partial charge is 0.463 e. The monoisotopic (exact) mass is 805 g/mol. The lowest BCUT2D eigenvalue weighted by molar-refractivity contribution is -0.145. The molecule has 0 saturated heterocycles. The van der Waals surface area contributed by atoms with Crippen LogP contribution in [0.1, 0.15) is 51.0 Å². The molecule has 0 aromatic heterocycles. The number of nitrogens with one attached hydrogen (secondary N) is 1. The number of benzene rings is 1. The molecule has 1 aromatic rings. The molecule has 16 heteroatoms. The molecule has 1 rings (SSSR count). The number of unbranched alkanes of at least 4 members (excludes halogenated alkanes) is 4. The maximum Gasteiger partial charge on any atom is 0.407 e. The minimum atomic E-state index is -0.472. The van der Waals surface area contributed by atoms with Gasteiger partial charge in [0.25, 0.3) is 0 Å². The van der Waals surface area contributed by atoms with Gasteiger partial charge in [-0.15, -0.1) is 0 Å². The maximum absolute atomic E-state index is 11.7. The number of hydrogen-bond donors (Lipinski definition) is 1. The first-order chi connectivity index (χ1) is 27.7. The topological polar surface area (TPSA) is 166 Å². The number of amides is 1. The lowest BCUT2D eigenvalue weighted by Crippen LogP contribution is -2.28. The lowest BCUT2D eigenvalue weighted by atomic mass is 10.1. The van der Waals surface area contributed by atoms with Crippen molar-refractivity contribution in [1.29, 1.82) is 0 Å². The van der Waals surface area contributed by atoms with Crippen molar-refractivity contribution in [1.82, 2.24) is 5.32 Å². The van der Waals surface area contributed by atoms with Crippen LogP contribution in [0.3, 0.4) is 0 Å². The highest BCUT2D eigenvalue weighted by molar-refractivity contribution is 5.69. The van der Waals surface area contributed by atoms with Crippen molar-refractivity contribution in [2.75, 3.05) is 159 Å². The summed E-state index contributed by atoms with van der Waals surface area (Å²) < 4.78 is 70.4. The summed E-state index contributed by atoms with van der Waals surface area (Å²) in [5, 5.41) is 2.64. The number of hydrogen-bond acceptors (Lipinski definition) is 15. The van der Waals surface area contributed by atoms with Crippen molar-refractivity contribution >= 4 is 12.1 Å². The molecule has 0 aliphatic rings. The number of rotatable bonds is 44. The lowest BCUT2D eigenvalue weighted by Gasteiger charge is -2.09. The van der Waals surface area contributed by atoms with Gasteiger partial charge >= 0.3 is 12.1 Å². The van der Waals surface area contributed by atoms with Crippen LogP contribution in [0.4, 0.5) is 4.79 Å². The summed E-state index contributed by atoms with van der Waals surface area (Å²) in [6.45, 7) is 13.3. The Morgan fingerprint density at radius 3 is 1.18 bits per heavy atom. The average Bonchev–Trinajstić information content (AvgIpc) is 3.21. The summed E-state index contributed by atoms with van der Waals surface area (Å²) in [5.41, 5.74) is 0.935. The van der Waals surface area contributed by atoms with Gasteiger partial charge in [-0.3, -0.25) is 4.79 Å². The van der Waals surface area contributed by atoms with E-state index >= 15 is 0 Å². The van der Waals surface area contributed by atoms with Gasteiger partial charge in [0.1, 0.15) is 13.2 Å². The first kappa shape index (κ1) is 51.5. The van der Waals surface area contributed by atoms with Gasteiger partial charge in [0.05, 0.1) is 145 Å². The molecule has 1 aromatic carbocycles. The molecule has 0 aliphatic heterocycles. The van der Waals surface area contributed by atoms with Crippen molar-refractivity contribution in [3.63, 3.8) is 0 Å². The first-order valence-corrected chi connectivity index (χ1v) is 20.2. The predicted molar refractivity (Wildman–Crippen MR) is 208 cm³/mol. The number of ether oxygens (including phenoxy) is 13. The average molecular weight is 806 g/mol. The quantitative estimate of drug-likeness (QED) is 0.0743. The molecule has 0 bridgehead atoms. The smallest absolute Gasteiger partial charge is 0.407 e. The Labute approximate surface area is 334 Å². The standard InChI is InChI=1S/C40H71NO15/c1-2-3-4-5-9-12-39(42)55-36-35-54-34-33-53-32-31-52-30-29-51-28-27-50-26-25-49-24-23-48-22-21-47-20-19-46-18-17-45-16-15-44-14-13-41-40(43)56-37-38-10-7-6-8-11-38/h6-8,10-11H,2-5,9,12-37H2,1H3,(H,41,43). The van der Waals surface area contributed by atoms with Gasteiger partial charge in [0, 0.05) is 13.0 Å². The fourth-order valence-corrected chi connectivity index (χ4v) is 4.46. The highest BCUT2D eigenvalue weighted by Crippen LogP contribution is 2.05. The van der Waals surface area contributed by atoms with Gasteiger partial charge in [-0.05, 0) is 12.0 Å². The van der Waals surface area contributed by atoms with E-state index in [0.717, 1.165) is 18.4 Å². The highest BCUT2D eigenvalue weighted by Gasteiger charge is 2.04. The third-order valence-corrected chi connectivity index (χ3v) is 7.42. The Kier molecular flexibility index (Phi) is 40.2.